The Morgan fingerprint density at radius 1 is 1.07 bits per heavy atom. The van der Waals surface area contributed by atoms with Crippen LogP contribution in [0.1, 0.15) is 28.3 Å². The lowest BCUT2D eigenvalue weighted by atomic mass is 9.95. The number of rotatable bonds is 4. The summed E-state index contributed by atoms with van der Waals surface area (Å²) in [7, 11) is 0. The lowest BCUT2D eigenvalue weighted by Gasteiger charge is -2.25. The second kappa shape index (κ2) is 7.91. The number of carbonyl (C=O) groups is 2. The fourth-order valence-electron chi connectivity index (χ4n) is 3.59. The van der Waals surface area contributed by atoms with Crippen LogP contribution in [0.15, 0.2) is 78.6 Å². The highest BCUT2D eigenvalue weighted by Crippen LogP contribution is 2.40. The smallest absolute Gasteiger partial charge is 0.295 e. The number of ketones is 1. The van der Waals surface area contributed by atoms with E-state index in [2.05, 4.69) is 4.98 Å². The van der Waals surface area contributed by atoms with Gasteiger partial charge in [0, 0.05) is 24.5 Å². The van der Waals surface area contributed by atoms with Gasteiger partial charge >= 0.3 is 0 Å². The molecule has 3 aromatic rings. The Labute approximate surface area is 173 Å². The molecule has 4 rings (SSSR count). The molecule has 0 radical (unpaired) electrons. The van der Waals surface area contributed by atoms with Crippen molar-refractivity contribution in [3.8, 4) is 0 Å². The third-order valence-corrected chi connectivity index (χ3v) is 5.13. The highest BCUT2D eigenvalue weighted by Gasteiger charge is 2.46. The minimum absolute atomic E-state index is 0.0145. The third kappa shape index (κ3) is 3.59. The SMILES string of the molecule is Cc1ccc(C(O)=C2C(=O)C(=O)N(Cc3cccnc3)[C@H]2c2ccc(F)cc2)cc1. The van der Waals surface area contributed by atoms with Gasteiger partial charge in [-0.25, -0.2) is 4.39 Å². The van der Waals surface area contributed by atoms with Crippen molar-refractivity contribution in [2.75, 3.05) is 0 Å². The van der Waals surface area contributed by atoms with Crippen molar-refractivity contribution >= 4 is 17.4 Å². The number of Topliss-reactive ketones (excluding diaryl/α,β-unsaturated/α-hetero) is 1. The third-order valence-electron chi connectivity index (χ3n) is 5.13. The second-order valence-corrected chi connectivity index (χ2v) is 7.21. The number of nitrogens with zero attached hydrogens (tertiary/aromatic N) is 2. The van der Waals surface area contributed by atoms with Crippen LogP contribution in [0.2, 0.25) is 0 Å². The van der Waals surface area contributed by atoms with Crippen LogP contribution in [0.5, 0.6) is 0 Å². The van der Waals surface area contributed by atoms with Crippen LogP contribution in [-0.4, -0.2) is 26.7 Å². The number of aryl methyl sites for hydroxylation is 1. The summed E-state index contributed by atoms with van der Waals surface area (Å²) in [5, 5.41) is 11.0. The molecule has 0 spiro atoms. The molecule has 2 aromatic carbocycles. The molecule has 150 valence electrons. The first-order chi connectivity index (χ1) is 14.5. The number of pyridine rings is 1. The van der Waals surface area contributed by atoms with Gasteiger partial charge in [0.05, 0.1) is 11.6 Å². The standard InChI is InChI=1S/C24H19FN2O3/c1-15-4-6-18(7-5-15)22(28)20-21(17-8-10-19(25)11-9-17)27(24(30)23(20)29)14-16-3-2-12-26-13-16/h2-13,21,28H,14H2,1H3/t21-/m0/s1. The average Bonchev–Trinajstić information content (AvgIpc) is 3.00. The summed E-state index contributed by atoms with van der Waals surface area (Å²) >= 11 is 0. The zero-order chi connectivity index (χ0) is 21.3. The van der Waals surface area contributed by atoms with Gasteiger partial charge in [-0.2, -0.15) is 0 Å². The number of amides is 1. The number of benzene rings is 2. The maximum atomic E-state index is 13.5. The van der Waals surface area contributed by atoms with Crippen molar-refractivity contribution in [3.05, 3.63) is 107 Å². The number of aliphatic hydroxyl groups is 1. The van der Waals surface area contributed by atoms with Crippen molar-refractivity contribution in [2.24, 2.45) is 0 Å². The molecule has 1 amide bonds. The van der Waals surface area contributed by atoms with Crippen molar-refractivity contribution in [1.29, 1.82) is 0 Å². The van der Waals surface area contributed by atoms with Gasteiger partial charge < -0.3 is 10.0 Å². The predicted octanol–water partition coefficient (Wildman–Crippen LogP) is 4.15. The Bertz CT molecular complexity index is 1120. The molecule has 1 N–H and O–H groups in total. The van der Waals surface area contributed by atoms with E-state index >= 15 is 0 Å². The first-order valence-electron chi connectivity index (χ1n) is 9.45. The maximum absolute atomic E-state index is 13.5. The molecule has 5 nitrogen and oxygen atoms in total. The summed E-state index contributed by atoms with van der Waals surface area (Å²) in [6.07, 6.45) is 3.23. The van der Waals surface area contributed by atoms with Gasteiger partial charge in [0.15, 0.2) is 0 Å². The summed E-state index contributed by atoms with van der Waals surface area (Å²) in [6.45, 7) is 2.04. The molecule has 0 saturated carbocycles. The molecule has 0 bridgehead atoms. The van der Waals surface area contributed by atoms with E-state index < -0.39 is 23.5 Å². The predicted molar refractivity (Wildman–Crippen MR) is 110 cm³/mol. The number of carbonyl (C=O) groups excluding carboxylic acids is 2. The Morgan fingerprint density at radius 2 is 1.77 bits per heavy atom. The zero-order valence-electron chi connectivity index (χ0n) is 16.2. The number of likely N-dealkylation sites (tertiary alicyclic amines) is 1. The quantitative estimate of drug-likeness (QED) is 0.404. The van der Waals surface area contributed by atoms with Crippen LogP contribution in [-0.2, 0) is 16.1 Å². The zero-order valence-corrected chi connectivity index (χ0v) is 16.2. The van der Waals surface area contributed by atoms with E-state index in [-0.39, 0.29) is 17.9 Å². The summed E-state index contributed by atoms with van der Waals surface area (Å²) in [5.41, 5.74) is 2.69. The van der Waals surface area contributed by atoms with E-state index in [0.717, 1.165) is 11.1 Å². The lowest BCUT2D eigenvalue weighted by molar-refractivity contribution is -0.140. The van der Waals surface area contributed by atoms with Gasteiger partial charge in [0.25, 0.3) is 11.7 Å². The topological polar surface area (TPSA) is 70.5 Å². The minimum Gasteiger partial charge on any atom is -0.507 e. The van der Waals surface area contributed by atoms with Crippen molar-refractivity contribution in [3.63, 3.8) is 0 Å². The van der Waals surface area contributed by atoms with E-state index in [1.165, 1.54) is 29.2 Å². The molecule has 1 saturated heterocycles. The summed E-state index contributed by atoms with van der Waals surface area (Å²) in [4.78, 5) is 31.3. The molecule has 1 atom stereocenters. The molecule has 2 heterocycles. The van der Waals surface area contributed by atoms with Crippen LogP contribution in [0.25, 0.3) is 5.76 Å². The highest BCUT2D eigenvalue weighted by molar-refractivity contribution is 6.46. The van der Waals surface area contributed by atoms with Crippen molar-refractivity contribution in [2.45, 2.75) is 19.5 Å². The second-order valence-electron chi connectivity index (χ2n) is 7.21. The minimum atomic E-state index is -0.841. The van der Waals surface area contributed by atoms with Crippen LogP contribution in [0, 0.1) is 12.7 Å². The van der Waals surface area contributed by atoms with E-state index in [4.69, 9.17) is 0 Å². The van der Waals surface area contributed by atoms with Gasteiger partial charge in [-0.05, 0) is 36.2 Å². The average molecular weight is 402 g/mol. The number of hydrogen-bond donors (Lipinski definition) is 1. The van der Waals surface area contributed by atoms with Gasteiger partial charge in [0.2, 0.25) is 0 Å². The summed E-state index contributed by atoms with van der Waals surface area (Å²) in [6, 6.07) is 15.3. The Kier molecular flexibility index (Phi) is 5.14. The van der Waals surface area contributed by atoms with Crippen molar-refractivity contribution in [1.82, 2.24) is 9.88 Å². The van der Waals surface area contributed by atoms with Crippen LogP contribution in [0.4, 0.5) is 4.39 Å². The summed E-state index contributed by atoms with van der Waals surface area (Å²) < 4.78 is 13.5. The van der Waals surface area contributed by atoms with Gasteiger partial charge in [-0.1, -0.05) is 48.0 Å². The van der Waals surface area contributed by atoms with Gasteiger partial charge in [0.1, 0.15) is 11.6 Å². The highest BCUT2D eigenvalue weighted by atomic mass is 19.1. The maximum Gasteiger partial charge on any atom is 0.295 e. The molecule has 1 fully saturated rings. The Hall–Kier alpha value is -3.80. The first-order valence-corrected chi connectivity index (χ1v) is 9.45. The normalized spacial score (nSPS) is 18.1. The largest absolute Gasteiger partial charge is 0.507 e. The molecule has 1 aliphatic rings. The fraction of sp³-hybridized carbons (Fsp3) is 0.125. The number of aromatic nitrogens is 1. The lowest BCUT2D eigenvalue weighted by Crippen LogP contribution is -2.29. The van der Waals surface area contributed by atoms with Crippen LogP contribution >= 0.6 is 0 Å². The van der Waals surface area contributed by atoms with Crippen LogP contribution in [0.3, 0.4) is 0 Å². The molecule has 0 unspecified atom stereocenters. The number of aliphatic hydroxyl groups excluding tert-OH is 1. The molecule has 1 aromatic heterocycles. The first kappa shape index (κ1) is 19.5. The van der Waals surface area contributed by atoms with Crippen LogP contribution < -0.4 is 0 Å². The van der Waals surface area contributed by atoms with E-state index in [1.54, 1.807) is 36.7 Å². The molecule has 30 heavy (non-hydrogen) atoms. The molecule has 1 aliphatic heterocycles. The van der Waals surface area contributed by atoms with E-state index in [0.29, 0.717) is 11.1 Å². The molecule has 0 aliphatic carbocycles. The number of hydrogen-bond acceptors (Lipinski definition) is 4. The monoisotopic (exact) mass is 402 g/mol. The Balaban J connectivity index is 1.85. The molecular formula is C24H19FN2O3. The molecular weight excluding hydrogens is 383 g/mol. The van der Waals surface area contributed by atoms with E-state index in [1.807, 2.05) is 19.1 Å². The number of halogens is 1. The fourth-order valence-corrected chi connectivity index (χ4v) is 3.59. The van der Waals surface area contributed by atoms with Gasteiger partial charge in [-0.15, -0.1) is 0 Å². The molecule has 6 heteroatoms. The summed E-state index contributed by atoms with van der Waals surface area (Å²) in [5.74, 6) is -2.18. The van der Waals surface area contributed by atoms with Gasteiger partial charge in [-0.3, -0.25) is 14.6 Å². The Morgan fingerprint density at radius 3 is 2.40 bits per heavy atom. The van der Waals surface area contributed by atoms with E-state index in [9.17, 15) is 19.1 Å². The van der Waals surface area contributed by atoms with Crippen molar-refractivity contribution < 1.29 is 19.1 Å².